The number of aryl methyl sites for hydroxylation is 4. The molecule has 5 rings (SSSR count). The molecule has 0 fully saturated rings. The number of rotatable bonds is 12. The minimum absolute atomic E-state index is 0.354. The molecule has 51 heavy (non-hydrogen) atoms. The molecular formula is C47H56O4. The highest BCUT2D eigenvalue weighted by molar-refractivity contribution is 5.79. The maximum Gasteiger partial charge on any atom is 0.135 e. The summed E-state index contributed by atoms with van der Waals surface area (Å²) in [5.41, 5.74) is 13.4. The Morgan fingerprint density at radius 3 is 1.27 bits per heavy atom. The van der Waals surface area contributed by atoms with Crippen LogP contribution < -0.4 is 14.2 Å². The summed E-state index contributed by atoms with van der Waals surface area (Å²) < 4.78 is 25.7. The van der Waals surface area contributed by atoms with Gasteiger partial charge in [-0.25, -0.2) is 0 Å². The van der Waals surface area contributed by atoms with Gasteiger partial charge in [0.1, 0.15) is 29.5 Å². The largest absolute Gasteiger partial charge is 0.496 e. The predicted molar refractivity (Wildman–Crippen MR) is 213 cm³/mol. The van der Waals surface area contributed by atoms with Gasteiger partial charge < -0.3 is 18.9 Å². The van der Waals surface area contributed by atoms with Crippen molar-refractivity contribution in [3.8, 4) is 39.5 Å². The van der Waals surface area contributed by atoms with Crippen LogP contribution in [0.25, 0.3) is 22.3 Å². The van der Waals surface area contributed by atoms with Gasteiger partial charge in [-0.05, 0) is 121 Å². The highest BCUT2D eigenvalue weighted by Gasteiger charge is 2.49. The lowest BCUT2D eigenvalue weighted by Gasteiger charge is -2.47. The van der Waals surface area contributed by atoms with Crippen LogP contribution in [-0.2, 0) is 15.6 Å². The zero-order valence-corrected chi connectivity index (χ0v) is 32.9. The minimum atomic E-state index is -0.510. The summed E-state index contributed by atoms with van der Waals surface area (Å²) >= 11 is 0. The Kier molecular flexibility index (Phi) is 11.1. The highest BCUT2D eigenvalue weighted by atomic mass is 16.5. The molecule has 0 N–H and O–H groups in total. The van der Waals surface area contributed by atoms with E-state index in [4.69, 9.17) is 18.9 Å². The maximum atomic E-state index is 7.21. The molecule has 0 amide bonds. The van der Waals surface area contributed by atoms with Crippen molar-refractivity contribution in [1.82, 2.24) is 0 Å². The van der Waals surface area contributed by atoms with Gasteiger partial charge in [-0.15, -0.1) is 0 Å². The standard InChI is InChI=1S/C47H56O4/c1-29-27-31(3)42(33(5)40(29)36-23-17-19-25-38(36)48-11)46(7,8)44(50-13)45(51-35-21-15-14-16-22-35)47(9,10)43-32(4)28-30(2)41(34(43)6)37-24-18-20-26-39(37)49-12/h14-28,44-45H,1-13H3/t44-,45-/m0/s1. The van der Waals surface area contributed by atoms with Crippen LogP contribution in [0.3, 0.4) is 0 Å². The number of benzene rings is 5. The molecule has 0 spiro atoms. The molecule has 0 saturated carbocycles. The second kappa shape index (κ2) is 15.0. The fraction of sp³-hybridized carbons (Fsp3) is 0.362. The highest BCUT2D eigenvalue weighted by Crippen LogP contribution is 2.48. The van der Waals surface area contributed by atoms with Gasteiger partial charge in [0, 0.05) is 29.1 Å². The van der Waals surface area contributed by atoms with E-state index in [9.17, 15) is 0 Å². The van der Waals surface area contributed by atoms with E-state index in [0.717, 1.165) is 28.4 Å². The molecule has 4 heteroatoms. The molecule has 2 atom stereocenters. The van der Waals surface area contributed by atoms with Gasteiger partial charge in [-0.1, -0.05) is 94.4 Å². The van der Waals surface area contributed by atoms with E-state index >= 15 is 0 Å². The zero-order chi connectivity index (χ0) is 37.2. The lowest BCUT2D eigenvalue weighted by molar-refractivity contribution is -0.0662. The van der Waals surface area contributed by atoms with Crippen molar-refractivity contribution in [2.24, 2.45) is 0 Å². The number of ether oxygens (including phenoxy) is 4. The topological polar surface area (TPSA) is 36.9 Å². The van der Waals surface area contributed by atoms with Crippen molar-refractivity contribution in [3.63, 3.8) is 0 Å². The molecule has 0 heterocycles. The lowest BCUT2D eigenvalue weighted by Crippen LogP contribution is -2.55. The van der Waals surface area contributed by atoms with Crippen molar-refractivity contribution in [2.45, 2.75) is 92.3 Å². The van der Waals surface area contributed by atoms with Gasteiger partial charge in [-0.3, -0.25) is 0 Å². The summed E-state index contributed by atoms with van der Waals surface area (Å²) in [5.74, 6) is 2.54. The SMILES string of the molecule is COc1ccccc1-c1c(C)cc(C)c(C(C)(C)[C@@H](OC)[C@H](Oc2ccccc2)C(C)(C)c2c(C)cc(C)c(-c3ccccc3OC)c2C)c1C. The Bertz CT molecular complexity index is 2000. The third-order valence-electron chi connectivity index (χ3n) is 10.9. The van der Waals surface area contributed by atoms with E-state index in [1.807, 2.05) is 61.7 Å². The van der Waals surface area contributed by atoms with Crippen molar-refractivity contribution in [2.75, 3.05) is 21.3 Å². The van der Waals surface area contributed by atoms with Crippen molar-refractivity contribution < 1.29 is 18.9 Å². The Morgan fingerprint density at radius 2 is 0.863 bits per heavy atom. The maximum absolute atomic E-state index is 7.21. The number of para-hydroxylation sites is 3. The molecule has 5 aromatic carbocycles. The smallest absolute Gasteiger partial charge is 0.135 e. The molecule has 0 bridgehead atoms. The Hall–Kier alpha value is -4.54. The van der Waals surface area contributed by atoms with Crippen molar-refractivity contribution in [3.05, 3.63) is 136 Å². The fourth-order valence-electron chi connectivity index (χ4n) is 9.20. The van der Waals surface area contributed by atoms with Gasteiger partial charge in [0.05, 0.1) is 14.2 Å². The molecule has 0 aliphatic heterocycles. The second-order valence-electron chi connectivity index (χ2n) is 15.1. The van der Waals surface area contributed by atoms with Gasteiger partial charge in [0.15, 0.2) is 0 Å². The molecule has 0 aliphatic rings. The number of hydrogen-bond acceptors (Lipinski definition) is 4. The van der Waals surface area contributed by atoms with E-state index in [1.54, 1.807) is 14.2 Å². The molecule has 5 aromatic rings. The average molecular weight is 685 g/mol. The Morgan fingerprint density at radius 1 is 0.471 bits per heavy atom. The number of methoxy groups -OCH3 is 3. The first kappa shape index (κ1) is 37.7. The fourth-order valence-corrected chi connectivity index (χ4v) is 9.20. The quantitative estimate of drug-likeness (QED) is 0.131. The predicted octanol–water partition coefficient (Wildman–Crippen LogP) is 11.6. The van der Waals surface area contributed by atoms with E-state index < -0.39 is 10.8 Å². The molecule has 268 valence electrons. The van der Waals surface area contributed by atoms with Gasteiger partial charge in [0.25, 0.3) is 0 Å². The first-order valence-corrected chi connectivity index (χ1v) is 17.9. The summed E-state index contributed by atoms with van der Waals surface area (Å²) in [6.07, 6.45) is -0.742. The summed E-state index contributed by atoms with van der Waals surface area (Å²) in [7, 11) is 5.32. The van der Waals surface area contributed by atoms with Crippen LogP contribution >= 0.6 is 0 Å². The van der Waals surface area contributed by atoms with Gasteiger partial charge >= 0.3 is 0 Å². The van der Waals surface area contributed by atoms with Crippen LogP contribution in [0, 0.1) is 41.5 Å². The van der Waals surface area contributed by atoms with Crippen LogP contribution in [0.1, 0.15) is 72.2 Å². The average Bonchev–Trinajstić information content (AvgIpc) is 3.08. The van der Waals surface area contributed by atoms with Gasteiger partial charge in [-0.2, -0.15) is 0 Å². The first-order valence-electron chi connectivity index (χ1n) is 17.9. The Labute approximate surface area is 306 Å². The van der Waals surface area contributed by atoms with E-state index in [2.05, 4.69) is 106 Å². The molecule has 0 radical (unpaired) electrons. The van der Waals surface area contributed by atoms with Crippen LogP contribution in [-0.4, -0.2) is 33.5 Å². The van der Waals surface area contributed by atoms with Crippen LogP contribution in [0.4, 0.5) is 0 Å². The molecule has 0 aliphatic carbocycles. The van der Waals surface area contributed by atoms with Gasteiger partial charge in [0.2, 0.25) is 0 Å². The Balaban J connectivity index is 1.76. The summed E-state index contributed by atoms with van der Waals surface area (Å²) in [6, 6.07) is 31.4. The molecule has 4 nitrogen and oxygen atoms in total. The zero-order valence-electron chi connectivity index (χ0n) is 32.9. The van der Waals surface area contributed by atoms with Crippen molar-refractivity contribution in [1.29, 1.82) is 0 Å². The summed E-state index contributed by atoms with van der Waals surface area (Å²) in [5, 5.41) is 0. The normalized spacial score (nSPS) is 13.1. The van der Waals surface area contributed by atoms with Crippen LogP contribution in [0.15, 0.2) is 91.0 Å². The monoisotopic (exact) mass is 684 g/mol. The summed E-state index contributed by atoms with van der Waals surface area (Å²) in [6.45, 7) is 22.6. The first-order chi connectivity index (χ1) is 24.2. The van der Waals surface area contributed by atoms with E-state index in [1.165, 1.54) is 55.6 Å². The van der Waals surface area contributed by atoms with E-state index in [-0.39, 0.29) is 12.2 Å². The lowest BCUT2D eigenvalue weighted by atomic mass is 9.64. The molecule has 0 saturated heterocycles. The molecule has 0 unspecified atom stereocenters. The number of hydrogen-bond donors (Lipinski definition) is 0. The second-order valence-corrected chi connectivity index (χ2v) is 15.1. The van der Waals surface area contributed by atoms with Crippen LogP contribution in [0.2, 0.25) is 0 Å². The van der Waals surface area contributed by atoms with E-state index in [0.29, 0.717) is 0 Å². The molecular weight excluding hydrogens is 629 g/mol. The van der Waals surface area contributed by atoms with Crippen molar-refractivity contribution >= 4 is 0 Å². The summed E-state index contributed by atoms with van der Waals surface area (Å²) in [4.78, 5) is 0. The van der Waals surface area contributed by atoms with Crippen LogP contribution in [0.5, 0.6) is 17.2 Å². The minimum Gasteiger partial charge on any atom is -0.496 e. The third kappa shape index (κ3) is 6.91. The molecule has 0 aromatic heterocycles. The third-order valence-corrected chi connectivity index (χ3v) is 10.9.